The van der Waals surface area contributed by atoms with Crippen molar-refractivity contribution in [2.75, 3.05) is 6.61 Å². The summed E-state index contributed by atoms with van der Waals surface area (Å²) in [5, 5.41) is 4.76. The standard InChI is InChI=1S/C22H23N3O3/c1-14(2)18-9-8-15(3)10-20(18)28-13-21(26)25-23-12-17-11-16-6-4-5-7-19(16)24-22(17)27/h4-12,14H,13H2,1-3H3,(H,24,27)(H,25,26). The number of nitrogens with zero attached hydrogens (tertiary/aromatic N) is 1. The molecule has 2 N–H and O–H groups in total. The number of hydrogen-bond acceptors (Lipinski definition) is 4. The summed E-state index contributed by atoms with van der Waals surface area (Å²) >= 11 is 0. The zero-order valence-corrected chi connectivity index (χ0v) is 16.2. The number of aromatic nitrogens is 1. The van der Waals surface area contributed by atoms with Gasteiger partial charge in [-0.05, 0) is 47.6 Å². The van der Waals surface area contributed by atoms with Crippen LogP contribution < -0.4 is 15.7 Å². The van der Waals surface area contributed by atoms with E-state index in [2.05, 4.69) is 29.4 Å². The molecule has 0 spiro atoms. The molecule has 3 aromatic rings. The average molecular weight is 377 g/mol. The molecule has 1 amide bonds. The molecule has 1 heterocycles. The van der Waals surface area contributed by atoms with Crippen LogP contribution in [0.3, 0.4) is 0 Å². The number of carbonyl (C=O) groups excluding carboxylic acids is 1. The van der Waals surface area contributed by atoms with Gasteiger partial charge in [0.15, 0.2) is 6.61 Å². The Morgan fingerprint density at radius 3 is 2.79 bits per heavy atom. The van der Waals surface area contributed by atoms with Gasteiger partial charge >= 0.3 is 0 Å². The van der Waals surface area contributed by atoms with Crippen LogP contribution in [-0.4, -0.2) is 23.7 Å². The second-order valence-electron chi connectivity index (χ2n) is 6.92. The summed E-state index contributed by atoms with van der Waals surface area (Å²) in [7, 11) is 0. The van der Waals surface area contributed by atoms with Crippen LogP contribution in [0.25, 0.3) is 10.9 Å². The molecule has 0 unspecified atom stereocenters. The van der Waals surface area contributed by atoms with Crippen LogP contribution in [0.4, 0.5) is 0 Å². The summed E-state index contributed by atoms with van der Waals surface area (Å²) in [5.41, 5.74) is 5.35. The number of rotatable bonds is 6. The monoisotopic (exact) mass is 377 g/mol. The van der Waals surface area contributed by atoms with E-state index in [-0.39, 0.29) is 18.1 Å². The van der Waals surface area contributed by atoms with Crippen molar-refractivity contribution in [3.8, 4) is 5.75 Å². The van der Waals surface area contributed by atoms with Crippen LogP contribution in [0.15, 0.2) is 58.4 Å². The van der Waals surface area contributed by atoms with Crippen molar-refractivity contribution in [2.24, 2.45) is 5.10 Å². The minimum Gasteiger partial charge on any atom is -0.483 e. The molecule has 0 aliphatic rings. The molecule has 0 radical (unpaired) electrons. The van der Waals surface area contributed by atoms with Gasteiger partial charge < -0.3 is 9.72 Å². The van der Waals surface area contributed by atoms with Crippen molar-refractivity contribution >= 4 is 23.0 Å². The Hall–Kier alpha value is -3.41. The summed E-state index contributed by atoms with van der Waals surface area (Å²) in [5.74, 6) is 0.584. The highest BCUT2D eigenvalue weighted by atomic mass is 16.5. The smallest absolute Gasteiger partial charge is 0.277 e. The quantitative estimate of drug-likeness (QED) is 0.509. The highest BCUT2D eigenvalue weighted by Crippen LogP contribution is 2.27. The zero-order chi connectivity index (χ0) is 20.1. The Balaban J connectivity index is 1.63. The summed E-state index contributed by atoms with van der Waals surface area (Å²) in [4.78, 5) is 26.9. The van der Waals surface area contributed by atoms with Gasteiger partial charge in [-0.25, -0.2) is 5.43 Å². The first-order valence-electron chi connectivity index (χ1n) is 9.11. The van der Waals surface area contributed by atoms with E-state index in [9.17, 15) is 9.59 Å². The van der Waals surface area contributed by atoms with Crippen molar-refractivity contribution < 1.29 is 9.53 Å². The normalized spacial score (nSPS) is 11.3. The number of aromatic amines is 1. The molecule has 0 fully saturated rings. The van der Waals surface area contributed by atoms with E-state index in [0.717, 1.165) is 22.0 Å². The Morgan fingerprint density at radius 1 is 1.21 bits per heavy atom. The van der Waals surface area contributed by atoms with E-state index in [4.69, 9.17) is 4.74 Å². The molecule has 28 heavy (non-hydrogen) atoms. The third-order valence-electron chi connectivity index (χ3n) is 4.32. The van der Waals surface area contributed by atoms with Crippen LogP contribution in [0.1, 0.15) is 36.5 Å². The largest absolute Gasteiger partial charge is 0.483 e. The number of pyridine rings is 1. The Kier molecular flexibility index (Phi) is 5.89. The third kappa shape index (κ3) is 4.65. The lowest BCUT2D eigenvalue weighted by molar-refractivity contribution is -0.123. The molecule has 0 saturated heterocycles. The highest BCUT2D eigenvalue weighted by Gasteiger charge is 2.10. The third-order valence-corrected chi connectivity index (χ3v) is 4.32. The molecule has 1 aromatic heterocycles. The number of benzene rings is 2. The van der Waals surface area contributed by atoms with Crippen LogP contribution in [-0.2, 0) is 4.79 Å². The Labute approximate surface area is 163 Å². The van der Waals surface area contributed by atoms with E-state index in [0.29, 0.717) is 11.3 Å². The van der Waals surface area contributed by atoms with Crippen molar-refractivity contribution in [1.29, 1.82) is 0 Å². The van der Waals surface area contributed by atoms with Gasteiger partial charge in [-0.2, -0.15) is 5.10 Å². The van der Waals surface area contributed by atoms with Gasteiger partial charge in [0.25, 0.3) is 11.5 Å². The Bertz CT molecular complexity index is 1080. The number of fused-ring (bicyclic) bond motifs is 1. The number of nitrogens with one attached hydrogen (secondary N) is 2. The predicted octanol–water partition coefficient (Wildman–Crippen LogP) is 3.49. The lowest BCUT2D eigenvalue weighted by Gasteiger charge is -2.14. The maximum atomic E-state index is 12.1. The van der Waals surface area contributed by atoms with Crippen molar-refractivity contribution in [2.45, 2.75) is 26.7 Å². The van der Waals surface area contributed by atoms with Gasteiger partial charge in [0.05, 0.1) is 11.8 Å². The molecule has 0 bridgehead atoms. The predicted molar refractivity (Wildman–Crippen MR) is 111 cm³/mol. The van der Waals surface area contributed by atoms with Crippen LogP contribution in [0.2, 0.25) is 0 Å². The van der Waals surface area contributed by atoms with Crippen molar-refractivity contribution in [1.82, 2.24) is 10.4 Å². The number of para-hydroxylation sites is 1. The minimum absolute atomic E-state index is 0.158. The molecule has 6 nitrogen and oxygen atoms in total. The summed E-state index contributed by atoms with van der Waals surface area (Å²) in [6.45, 7) is 5.96. The van der Waals surface area contributed by atoms with Gasteiger partial charge in [0.1, 0.15) is 5.75 Å². The van der Waals surface area contributed by atoms with E-state index in [1.165, 1.54) is 6.21 Å². The zero-order valence-electron chi connectivity index (χ0n) is 16.2. The average Bonchev–Trinajstić information content (AvgIpc) is 2.66. The molecule has 2 aromatic carbocycles. The first-order chi connectivity index (χ1) is 13.4. The number of aryl methyl sites for hydroxylation is 1. The van der Waals surface area contributed by atoms with Crippen LogP contribution >= 0.6 is 0 Å². The maximum Gasteiger partial charge on any atom is 0.277 e. The fourth-order valence-electron chi connectivity index (χ4n) is 2.85. The lowest BCUT2D eigenvalue weighted by atomic mass is 10.0. The molecule has 3 rings (SSSR count). The van der Waals surface area contributed by atoms with Gasteiger partial charge in [-0.3, -0.25) is 9.59 Å². The van der Waals surface area contributed by atoms with Crippen LogP contribution in [0.5, 0.6) is 5.75 Å². The van der Waals surface area contributed by atoms with Gasteiger partial charge in [-0.15, -0.1) is 0 Å². The van der Waals surface area contributed by atoms with Crippen molar-refractivity contribution in [3.05, 3.63) is 75.6 Å². The molecule has 0 atom stereocenters. The van der Waals surface area contributed by atoms with Crippen LogP contribution in [0, 0.1) is 6.92 Å². The highest BCUT2D eigenvalue weighted by molar-refractivity contribution is 5.88. The molecule has 0 aliphatic heterocycles. The fraction of sp³-hybridized carbons (Fsp3) is 0.227. The SMILES string of the molecule is Cc1ccc(C(C)C)c(OCC(=O)NN=Cc2cc3ccccc3[nH]c2=O)c1. The lowest BCUT2D eigenvalue weighted by Crippen LogP contribution is -2.25. The summed E-state index contributed by atoms with van der Waals surface area (Å²) in [6, 6.07) is 15.1. The number of hydrazone groups is 1. The van der Waals surface area contributed by atoms with Gasteiger partial charge in [0.2, 0.25) is 0 Å². The first kappa shape index (κ1) is 19.4. The number of amides is 1. The van der Waals surface area contributed by atoms with E-state index in [1.54, 1.807) is 6.07 Å². The van der Waals surface area contributed by atoms with Gasteiger partial charge in [0, 0.05) is 5.52 Å². The summed E-state index contributed by atoms with van der Waals surface area (Å²) in [6.07, 6.45) is 1.33. The summed E-state index contributed by atoms with van der Waals surface area (Å²) < 4.78 is 5.67. The molecular formula is C22H23N3O3. The Morgan fingerprint density at radius 2 is 2.00 bits per heavy atom. The molecular weight excluding hydrogens is 354 g/mol. The van der Waals surface area contributed by atoms with E-state index < -0.39 is 5.91 Å². The number of carbonyl (C=O) groups is 1. The number of ether oxygens (including phenoxy) is 1. The van der Waals surface area contributed by atoms with E-state index in [1.807, 2.05) is 49.4 Å². The number of hydrogen-bond donors (Lipinski definition) is 2. The van der Waals surface area contributed by atoms with Gasteiger partial charge in [-0.1, -0.05) is 44.2 Å². The molecule has 0 aliphatic carbocycles. The minimum atomic E-state index is -0.398. The topological polar surface area (TPSA) is 83.5 Å². The molecule has 144 valence electrons. The van der Waals surface area contributed by atoms with Crippen molar-refractivity contribution in [3.63, 3.8) is 0 Å². The first-order valence-corrected chi connectivity index (χ1v) is 9.11. The second kappa shape index (κ2) is 8.52. The molecule has 0 saturated carbocycles. The fourth-order valence-corrected chi connectivity index (χ4v) is 2.85. The van der Waals surface area contributed by atoms with E-state index >= 15 is 0 Å². The molecule has 6 heteroatoms. The number of H-pyrrole nitrogens is 1. The maximum absolute atomic E-state index is 12.1. The second-order valence-corrected chi connectivity index (χ2v) is 6.92.